The molecule has 0 saturated heterocycles. The van der Waals surface area contributed by atoms with Gasteiger partial charge in [0.25, 0.3) is 0 Å². The van der Waals surface area contributed by atoms with Crippen molar-refractivity contribution in [3.8, 4) is 0 Å². The van der Waals surface area contributed by atoms with Gasteiger partial charge in [0.05, 0.1) is 6.04 Å². The van der Waals surface area contributed by atoms with Gasteiger partial charge in [0.15, 0.2) is 0 Å². The summed E-state index contributed by atoms with van der Waals surface area (Å²) < 4.78 is 0. The lowest BCUT2D eigenvalue weighted by Crippen LogP contribution is -2.40. The summed E-state index contributed by atoms with van der Waals surface area (Å²) in [6.45, 7) is 2.83. The van der Waals surface area contributed by atoms with Crippen LogP contribution < -0.4 is 10.6 Å². The van der Waals surface area contributed by atoms with Crippen molar-refractivity contribution in [2.24, 2.45) is 0 Å². The Morgan fingerprint density at radius 3 is 2.53 bits per heavy atom. The number of hydrogen-bond donors (Lipinski definition) is 2. The summed E-state index contributed by atoms with van der Waals surface area (Å²) in [6, 6.07) is -0.0683. The molecule has 0 aliphatic heterocycles. The average Bonchev–Trinajstić information content (AvgIpc) is 2.26. The third-order valence-electron chi connectivity index (χ3n) is 2.37. The van der Waals surface area contributed by atoms with Gasteiger partial charge in [0.2, 0.25) is 5.91 Å². The molecule has 3 nitrogen and oxygen atoms in total. The molecule has 2 N–H and O–H groups in total. The van der Waals surface area contributed by atoms with Gasteiger partial charge in [0.1, 0.15) is 0 Å². The normalized spacial score (nSPS) is 12.5. The minimum absolute atomic E-state index is 0.0670. The first-order valence-corrected chi connectivity index (χ1v) is 7.05. The van der Waals surface area contributed by atoms with Crippen LogP contribution in [-0.2, 0) is 4.79 Å². The number of likely N-dealkylation sites (N-methyl/N-ethyl adjacent to an activating group) is 1. The second-order valence-corrected chi connectivity index (χ2v) is 4.68. The Hall–Kier alpha value is -0.220. The van der Waals surface area contributed by atoms with Crippen LogP contribution in [0.1, 0.15) is 32.6 Å². The summed E-state index contributed by atoms with van der Waals surface area (Å²) in [6.07, 6.45) is 7.18. The lowest BCUT2D eigenvalue weighted by Gasteiger charge is -2.11. The predicted octanol–water partition coefficient (Wildman–Crippen LogP) is 1.63. The van der Waals surface area contributed by atoms with Crippen molar-refractivity contribution in [1.82, 2.24) is 10.6 Å². The molecular formula is C11H24N2OS. The number of rotatable bonds is 9. The largest absolute Gasteiger partial charge is 0.358 e. The quantitative estimate of drug-likeness (QED) is 0.594. The molecule has 4 heteroatoms. The molecule has 15 heavy (non-hydrogen) atoms. The zero-order valence-electron chi connectivity index (χ0n) is 10.1. The number of unbranched alkanes of at least 4 members (excludes halogenated alkanes) is 3. The Labute approximate surface area is 97.8 Å². The van der Waals surface area contributed by atoms with E-state index in [9.17, 15) is 4.79 Å². The fourth-order valence-electron chi connectivity index (χ4n) is 1.35. The minimum Gasteiger partial charge on any atom is -0.358 e. The van der Waals surface area contributed by atoms with E-state index in [0.29, 0.717) is 0 Å². The summed E-state index contributed by atoms with van der Waals surface area (Å²) in [7, 11) is 1.67. The maximum absolute atomic E-state index is 11.1. The summed E-state index contributed by atoms with van der Waals surface area (Å²) in [5.74, 6) is 1.33. The molecule has 0 heterocycles. The highest BCUT2D eigenvalue weighted by Crippen LogP contribution is 2.03. The van der Waals surface area contributed by atoms with Gasteiger partial charge in [-0.2, -0.15) is 11.8 Å². The molecular weight excluding hydrogens is 208 g/mol. The lowest BCUT2D eigenvalue weighted by atomic mass is 10.2. The molecule has 0 spiro atoms. The van der Waals surface area contributed by atoms with E-state index in [1.165, 1.54) is 25.0 Å². The number of nitrogens with one attached hydrogen (secondary N) is 2. The second kappa shape index (κ2) is 10.3. The maximum Gasteiger partial charge on any atom is 0.236 e. The average molecular weight is 232 g/mol. The monoisotopic (exact) mass is 232 g/mol. The predicted molar refractivity (Wildman–Crippen MR) is 68.4 cm³/mol. The standard InChI is InChI=1S/C11H24N2OS/c1-10(11(14)12-2)13-8-6-4-5-7-9-15-3/h10,13H,4-9H2,1-3H3,(H,12,14). The van der Waals surface area contributed by atoms with Crippen molar-refractivity contribution in [2.75, 3.05) is 25.6 Å². The molecule has 90 valence electrons. The Morgan fingerprint density at radius 1 is 1.27 bits per heavy atom. The van der Waals surface area contributed by atoms with E-state index in [-0.39, 0.29) is 11.9 Å². The van der Waals surface area contributed by atoms with E-state index < -0.39 is 0 Å². The van der Waals surface area contributed by atoms with Crippen LogP contribution in [-0.4, -0.2) is 37.6 Å². The first kappa shape index (κ1) is 14.8. The molecule has 0 radical (unpaired) electrons. The van der Waals surface area contributed by atoms with E-state index in [1.54, 1.807) is 7.05 Å². The van der Waals surface area contributed by atoms with Gasteiger partial charge < -0.3 is 10.6 Å². The molecule has 1 unspecified atom stereocenters. The Bertz CT molecular complexity index is 165. The van der Waals surface area contributed by atoms with Gasteiger partial charge in [-0.15, -0.1) is 0 Å². The van der Waals surface area contributed by atoms with Gasteiger partial charge in [-0.05, 0) is 38.3 Å². The number of hydrogen-bond acceptors (Lipinski definition) is 3. The Morgan fingerprint density at radius 2 is 1.93 bits per heavy atom. The minimum atomic E-state index is -0.0683. The molecule has 0 aliphatic rings. The Kier molecular flexibility index (Phi) is 10.2. The molecule has 0 fully saturated rings. The third-order valence-corrected chi connectivity index (χ3v) is 3.06. The zero-order valence-corrected chi connectivity index (χ0v) is 11.0. The van der Waals surface area contributed by atoms with Gasteiger partial charge >= 0.3 is 0 Å². The molecule has 1 atom stereocenters. The van der Waals surface area contributed by atoms with Crippen molar-refractivity contribution in [3.05, 3.63) is 0 Å². The molecule has 0 saturated carbocycles. The van der Waals surface area contributed by atoms with E-state index in [1.807, 2.05) is 18.7 Å². The molecule has 0 aromatic carbocycles. The molecule has 0 bridgehead atoms. The molecule has 1 amide bonds. The summed E-state index contributed by atoms with van der Waals surface area (Å²) in [5, 5.41) is 5.84. The van der Waals surface area contributed by atoms with Crippen molar-refractivity contribution in [2.45, 2.75) is 38.6 Å². The van der Waals surface area contributed by atoms with Crippen molar-refractivity contribution in [1.29, 1.82) is 0 Å². The second-order valence-electron chi connectivity index (χ2n) is 3.70. The number of carbonyl (C=O) groups is 1. The maximum atomic E-state index is 11.1. The fraction of sp³-hybridized carbons (Fsp3) is 0.909. The van der Waals surface area contributed by atoms with Gasteiger partial charge in [0, 0.05) is 7.05 Å². The summed E-state index contributed by atoms with van der Waals surface area (Å²) >= 11 is 1.91. The van der Waals surface area contributed by atoms with Gasteiger partial charge in [-0.3, -0.25) is 4.79 Å². The topological polar surface area (TPSA) is 41.1 Å². The van der Waals surface area contributed by atoms with Crippen LogP contribution in [0.25, 0.3) is 0 Å². The van der Waals surface area contributed by atoms with Gasteiger partial charge in [-0.1, -0.05) is 12.8 Å². The van der Waals surface area contributed by atoms with Crippen molar-refractivity contribution >= 4 is 17.7 Å². The van der Waals surface area contributed by atoms with Crippen LogP contribution in [0.15, 0.2) is 0 Å². The van der Waals surface area contributed by atoms with Crippen LogP contribution in [0.2, 0.25) is 0 Å². The van der Waals surface area contributed by atoms with Gasteiger partial charge in [-0.25, -0.2) is 0 Å². The summed E-state index contributed by atoms with van der Waals surface area (Å²) in [4.78, 5) is 11.1. The SMILES string of the molecule is CNC(=O)C(C)NCCCCCCSC. The van der Waals surface area contributed by atoms with Crippen LogP contribution in [0.3, 0.4) is 0 Å². The first-order valence-electron chi connectivity index (χ1n) is 5.66. The van der Waals surface area contributed by atoms with E-state index in [2.05, 4.69) is 16.9 Å². The summed E-state index contributed by atoms with van der Waals surface area (Å²) in [5.41, 5.74) is 0. The number of thioether (sulfide) groups is 1. The molecule has 0 aromatic rings. The highest BCUT2D eigenvalue weighted by molar-refractivity contribution is 7.98. The highest BCUT2D eigenvalue weighted by atomic mass is 32.2. The highest BCUT2D eigenvalue weighted by Gasteiger charge is 2.08. The fourth-order valence-corrected chi connectivity index (χ4v) is 1.85. The third kappa shape index (κ3) is 8.75. The van der Waals surface area contributed by atoms with Crippen LogP contribution in [0.4, 0.5) is 0 Å². The van der Waals surface area contributed by atoms with Crippen molar-refractivity contribution in [3.63, 3.8) is 0 Å². The molecule has 0 aromatic heterocycles. The number of carbonyl (C=O) groups excluding carboxylic acids is 1. The first-order chi connectivity index (χ1) is 7.22. The molecule has 0 rings (SSSR count). The lowest BCUT2D eigenvalue weighted by molar-refractivity contribution is -0.122. The van der Waals surface area contributed by atoms with E-state index in [0.717, 1.165) is 13.0 Å². The molecule has 0 aliphatic carbocycles. The van der Waals surface area contributed by atoms with Crippen molar-refractivity contribution < 1.29 is 4.79 Å². The number of amides is 1. The Balaban J connectivity index is 3.20. The van der Waals surface area contributed by atoms with Crippen LogP contribution >= 0.6 is 11.8 Å². The smallest absolute Gasteiger partial charge is 0.236 e. The zero-order chi connectivity index (χ0) is 11.5. The van der Waals surface area contributed by atoms with Crippen LogP contribution in [0.5, 0.6) is 0 Å². The van der Waals surface area contributed by atoms with E-state index in [4.69, 9.17) is 0 Å². The van der Waals surface area contributed by atoms with E-state index >= 15 is 0 Å². The van der Waals surface area contributed by atoms with Crippen LogP contribution in [0, 0.1) is 0 Å².